The zero-order valence-corrected chi connectivity index (χ0v) is 15.4. The van der Waals surface area contributed by atoms with Gasteiger partial charge in [0.05, 0.1) is 11.9 Å². The summed E-state index contributed by atoms with van der Waals surface area (Å²) in [6.07, 6.45) is 2.50. The van der Waals surface area contributed by atoms with Crippen LogP contribution in [0.2, 0.25) is 0 Å². The first-order chi connectivity index (χ1) is 11.0. The maximum Gasteiger partial charge on any atom is 0.262 e. The first kappa shape index (κ1) is 16.6. The van der Waals surface area contributed by atoms with Gasteiger partial charge in [-0.15, -0.1) is 11.3 Å². The largest absolute Gasteiger partial charge is 0.308 e. The second-order valence-corrected chi connectivity index (χ2v) is 7.94. The van der Waals surface area contributed by atoms with Crippen LogP contribution in [0.4, 0.5) is 0 Å². The van der Waals surface area contributed by atoms with E-state index in [0.29, 0.717) is 6.54 Å². The van der Waals surface area contributed by atoms with E-state index in [-0.39, 0.29) is 5.56 Å². The van der Waals surface area contributed by atoms with Gasteiger partial charge in [-0.3, -0.25) is 14.3 Å². The van der Waals surface area contributed by atoms with Gasteiger partial charge in [0.15, 0.2) is 0 Å². The van der Waals surface area contributed by atoms with E-state index >= 15 is 0 Å². The van der Waals surface area contributed by atoms with E-state index in [9.17, 15) is 4.79 Å². The molecule has 2 aromatic rings. The van der Waals surface area contributed by atoms with E-state index in [1.54, 1.807) is 11.3 Å². The Morgan fingerprint density at radius 1 is 1.22 bits per heavy atom. The van der Waals surface area contributed by atoms with Crippen molar-refractivity contribution < 1.29 is 0 Å². The van der Waals surface area contributed by atoms with Crippen molar-refractivity contribution in [1.29, 1.82) is 0 Å². The maximum atomic E-state index is 13.1. The van der Waals surface area contributed by atoms with Gasteiger partial charge in [-0.1, -0.05) is 0 Å². The summed E-state index contributed by atoms with van der Waals surface area (Å²) in [5.41, 5.74) is 1.22. The van der Waals surface area contributed by atoms with Crippen LogP contribution in [0.25, 0.3) is 10.2 Å². The van der Waals surface area contributed by atoms with Gasteiger partial charge >= 0.3 is 0 Å². The Morgan fingerprint density at radius 3 is 2.57 bits per heavy atom. The summed E-state index contributed by atoms with van der Waals surface area (Å²) in [7, 11) is 4.08. The Morgan fingerprint density at radius 2 is 1.91 bits per heavy atom. The molecule has 0 unspecified atom stereocenters. The monoisotopic (exact) mass is 334 g/mol. The molecule has 0 saturated carbocycles. The van der Waals surface area contributed by atoms with Gasteiger partial charge in [-0.25, -0.2) is 4.98 Å². The minimum absolute atomic E-state index is 0.132. The predicted octanol–water partition coefficient (Wildman–Crippen LogP) is 2.23. The molecule has 3 rings (SSSR count). The number of likely N-dealkylation sites (N-methyl/N-ethyl adjacent to an activating group) is 1. The van der Waals surface area contributed by atoms with Crippen molar-refractivity contribution in [2.24, 2.45) is 0 Å². The van der Waals surface area contributed by atoms with E-state index in [4.69, 9.17) is 4.98 Å². The molecule has 126 valence electrons. The normalized spacial score (nSPS) is 16.0. The van der Waals surface area contributed by atoms with Crippen molar-refractivity contribution >= 4 is 21.6 Å². The van der Waals surface area contributed by atoms with Gasteiger partial charge in [0.1, 0.15) is 10.7 Å². The fraction of sp³-hybridized carbons (Fsp3) is 0.647. The number of nitrogens with zero attached hydrogens (tertiary/aromatic N) is 4. The maximum absolute atomic E-state index is 13.1. The molecule has 23 heavy (non-hydrogen) atoms. The Hall–Kier alpha value is -1.24. The van der Waals surface area contributed by atoms with Gasteiger partial charge in [-0.05, 0) is 59.4 Å². The van der Waals surface area contributed by atoms with E-state index in [0.717, 1.165) is 47.8 Å². The molecule has 0 aliphatic carbocycles. The van der Waals surface area contributed by atoms with Gasteiger partial charge in [-0.2, -0.15) is 0 Å². The molecule has 0 aromatic carbocycles. The highest BCUT2D eigenvalue weighted by atomic mass is 32.1. The third kappa shape index (κ3) is 3.34. The predicted molar refractivity (Wildman–Crippen MR) is 96.4 cm³/mol. The molecule has 1 fully saturated rings. The number of fused-ring (bicyclic) bond motifs is 1. The zero-order chi connectivity index (χ0) is 16.6. The molecule has 1 aliphatic rings. The minimum Gasteiger partial charge on any atom is -0.308 e. The summed E-state index contributed by atoms with van der Waals surface area (Å²) in [4.78, 5) is 24.6. The molecule has 0 radical (unpaired) electrons. The van der Waals surface area contributed by atoms with Crippen LogP contribution in [-0.2, 0) is 13.1 Å². The highest BCUT2D eigenvalue weighted by Crippen LogP contribution is 2.26. The van der Waals surface area contributed by atoms with E-state index in [1.807, 2.05) is 25.6 Å². The van der Waals surface area contributed by atoms with Crippen LogP contribution >= 0.6 is 11.3 Å². The lowest BCUT2D eigenvalue weighted by Crippen LogP contribution is -2.32. The number of rotatable bonds is 5. The van der Waals surface area contributed by atoms with Crippen LogP contribution < -0.4 is 5.56 Å². The summed E-state index contributed by atoms with van der Waals surface area (Å²) < 4.78 is 1.90. The van der Waals surface area contributed by atoms with Crippen molar-refractivity contribution in [3.63, 3.8) is 0 Å². The lowest BCUT2D eigenvalue weighted by Gasteiger charge is -2.19. The van der Waals surface area contributed by atoms with Crippen molar-refractivity contribution in [2.45, 2.75) is 39.8 Å². The average Bonchev–Trinajstić information content (AvgIpc) is 3.07. The second-order valence-electron chi connectivity index (χ2n) is 6.73. The van der Waals surface area contributed by atoms with Crippen LogP contribution in [-0.4, -0.2) is 53.1 Å². The minimum atomic E-state index is 0.132. The second kappa shape index (κ2) is 6.71. The quantitative estimate of drug-likeness (QED) is 0.841. The van der Waals surface area contributed by atoms with Crippen LogP contribution in [0.5, 0.6) is 0 Å². The Balaban J connectivity index is 2.07. The molecular weight excluding hydrogens is 308 g/mol. The van der Waals surface area contributed by atoms with Crippen LogP contribution in [0, 0.1) is 13.8 Å². The molecule has 3 heterocycles. The van der Waals surface area contributed by atoms with Crippen LogP contribution in [0.1, 0.15) is 29.1 Å². The summed E-state index contributed by atoms with van der Waals surface area (Å²) in [6, 6.07) is 0. The number of thiophene rings is 1. The van der Waals surface area contributed by atoms with Crippen molar-refractivity contribution in [1.82, 2.24) is 19.4 Å². The number of hydrogen-bond acceptors (Lipinski definition) is 5. The summed E-state index contributed by atoms with van der Waals surface area (Å²) in [6.45, 7) is 8.68. The Bertz CT molecular complexity index is 756. The molecule has 0 bridgehead atoms. The molecule has 0 amide bonds. The third-order valence-corrected chi connectivity index (χ3v) is 5.80. The van der Waals surface area contributed by atoms with Crippen LogP contribution in [0.15, 0.2) is 4.79 Å². The molecule has 1 aliphatic heterocycles. The molecule has 0 atom stereocenters. The van der Waals surface area contributed by atoms with Crippen molar-refractivity contribution in [3.8, 4) is 0 Å². The van der Waals surface area contributed by atoms with Gasteiger partial charge in [0.25, 0.3) is 5.56 Å². The van der Waals surface area contributed by atoms with Crippen molar-refractivity contribution in [2.75, 3.05) is 33.7 Å². The molecule has 1 saturated heterocycles. The van der Waals surface area contributed by atoms with Gasteiger partial charge in [0.2, 0.25) is 0 Å². The lowest BCUT2D eigenvalue weighted by molar-refractivity contribution is 0.307. The van der Waals surface area contributed by atoms with E-state index in [1.165, 1.54) is 17.7 Å². The van der Waals surface area contributed by atoms with Gasteiger partial charge in [0, 0.05) is 18.0 Å². The van der Waals surface area contributed by atoms with Crippen LogP contribution in [0.3, 0.4) is 0 Å². The average molecular weight is 334 g/mol. The Labute approximate surface area is 141 Å². The summed E-state index contributed by atoms with van der Waals surface area (Å²) >= 11 is 1.64. The van der Waals surface area contributed by atoms with E-state index < -0.39 is 0 Å². The SMILES string of the molecule is Cc1sc2nc(CN3CCCC3)n(CCN(C)C)c(=O)c2c1C. The first-order valence-electron chi connectivity index (χ1n) is 8.34. The van der Waals surface area contributed by atoms with E-state index in [2.05, 4.69) is 16.7 Å². The van der Waals surface area contributed by atoms with Gasteiger partial charge < -0.3 is 4.90 Å². The lowest BCUT2D eigenvalue weighted by atomic mass is 10.2. The smallest absolute Gasteiger partial charge is 0.262 e. The highest BCUT2D eigenvalue weighted by Gasteiger charge is 2.19. The number of hydrogen-bond donors (Lipinski definition) is 0. The molecule has 0 spiro atoms. The third-order valence-electron chi connectivity index (χ3n) is 4.70. The first-order valence-corrected chi connectivity index (χ1v) is 9.15. The zero-order valence-electron chi connectivity index (χ0n) is 14.6. The molecule has 6 heteroatoms. The number of aromatic nitrogens is 2. The summed E-state index contributed by atoms with van der Waals surface area (Å²) in [5, 5.41) is 0.816. The number of aryl methyl sites for hydroxylation is 2. The highest BCUT2D eigenvalue weighted by molar-refractivity contribution is 7.18. The molecule has 5 nitrogen and oxygen atoms in total. The fourth-order valence-electron chi connectivity index (χ4n) is 3.16. The molecular formula is C17H26N4OS. The fourth-order valence-corrected chi connectivity index (χ4v) is 4.20. The topological polar surface area (TPSA) is 41.4 Å². The number of likely N-dealkylation sites (tertiary alicyclic amines) is 1. The molecule has 0 N–H and O–H groups in total. The Kier molecular flexibility index (Phi) is 4.85. The summed E-state index contributed by atoms with van der Waals surface area (Å²) in [5.74, 6) is 0.924. The standard InChI is InChI=1S/C17H26N4OS/c1-12-13(2)23-16-15(12)17(22)21(10-9-19(3)4)14(18-16)11-20-7-5-6-8-20/h5-11H2,1-4H3. The van der Waals surface area contributed by atoms with Crippen molar-refractivity contribution in [3.05, 3.63) is 26.6 Å². The molecule has 2 aromatic heterocycles.